The molecule has 0 radical (unpaired) electrons. The number of carbonyl (C=O) groups is 1. The average molecular weight is 352 g/mol. The van der Waals surface area contributed by atoms with Crippen LogP contribution in [0.15, 0.2) is 0 Å². The minimum Gasteiger partial charge on any atom is -0.481 e. The lowest BCUT2D eigenvalue weighted by atomic mass is 9.43. The Balaban J connectivity index is 1.68. The predicted octanol–water partition coefficient (Wildman–Crippen LogP) is 2.18. The number of rotatable bonds is 2. The van der Waals surface area contributed by atoms with Gasteiger partial charge in [0.05, 0.1) is 24.2 Å². The summed E-state index contributed by atoms with van der Waals surface area (Å²) in [6, 6.07) is 0. The van der Waals surface area contributed by atoms with Gasteiger partial charge in [-0.1, -0.05) is 6.92 Å². The summed E-state index contributed by atoms with van der Waals surface area (Å²) in [5.41, 5.74) is -1.63. The molecule has 0 heterocycles. The highest BCUT2D eigenvalue weighted by molar-refractivity contribution is 5.71. The minimum absolute atomic E-state index is 0.0246. The maximum absolute atomic E-state index is 11.7. The van der Waals surface area contributed by atoms with E-state index >= 15 is 0 Å². The standard InChI is InChI=1S/C20H32O5/c1-18-7-6-15-13(14(18)2-3-16(18)17(23)24)5-9-20(25)10-12(22)4-8-19(15,20)11-21/h12-16,21-22,25H,2-11H2,1H3,(H,23,24)/t12-,13+,14+,15+,16-,18+,19-,20+/m0/s1. The molecule has 8 atom stereocenters. The molecule has 0 aliphatic heterocycles. The minimum atomic E-state index is -0.973. The van der Waals surface area contributed by atoms with Gasteiger partial charge < -0.3 is 20.4 Å². The summed E-state index contributed by atoms with van der Waals surface area (Å²) in [7, 11) is 0. The highest BCUT2D eigenvalue weighted by atomic mass is 16.4. The number of aliphatic hydroxyl groups excluding tert-OH is 2. The van der Waals surface area contributed by atoms with E-state index in [4.69, 9.17) is 0 Å². The smallest absolute Gasteiger partial charge is 0.307 e. The van der Waals surface area contributed by atoms with Crippen LogP contribution in [0, 0.1) is 34.5 Å². The summed E-state index contributed by atoms with van der Waals surface area (Å²) in [6.07, 6.45) is 6.20. The first kappa shape index (κ1) is 17.7. The molecule has 5 heteroatoms. The van der Waals surface area contributed by atoms with Crippen LogP contribution in [-0.2, 0) is 4.79 Å². The fourth-order valence-corrected chi connectivity index (χ4v) is 7.76. The fourth-order valence-electron chi connectivity index (χ4n) is 7.76. The quantitative estimate of drug-likeness (QED) is 0.611. The number of carboxylic acids is 1. The number of carboxylic acid groups (broad SMARTS) is 1. The molecule has 0 aromatic carbocycles. The molecule has 0 spiro atoms. The Morgan fingerprint density at radius 2 is 1.80 bits per heavy atom. The van der Waals surface area contributed by atoms with Crippen molar-refractivity contribution in [2.75, 3.05) is 6.61 Å². The van der Waals surface area contributed by atoms with Gasteiger partial charge in [0.15, 0.2) is 0 Å². The van der Waals surface area contributed by atoms with Gasteiger partial charge in [-0.05, 0) is 74.5 Å². The third kappa shape index (κ3) is 2.21. The summed E-state index contributed by atoms with van der Waals surface area (Å²) < 4.78 is 0. The van der Waals surface area contributed by atoms with E-state index in [1.165, 1.54) is 0 Å². The molecular weight excluding hydrogens is 320 g/mol. The van der Waals surface area contributed by atoms with E-state index < -0.39 is 23.1 Å². The molecule has 4 aliphatic carbocycles. The zero-order chi connectivity index (χ0) is 18.0. The van der Waals surface area contributed by atoms with E-state index in [1.54, 1.807) is 0 Å². The molecule has 142 valence electrons. The van der Waals surface area contributed by atoms with E-state index in [2.05, 4.69) is 6.92 Å². The average Bonchev–Trinajstić information content (AvgIpc) is 2.91. The molecule has 0 aromatic heterocycles. The number of fused-ring (bicyclic) bond motifs is 5. The van der Waals surface area contributed by atoms with Gasteiger partial charge in [0, 0.05) is 11.8 Å². The van der Waals surface area contributed by atoms with Crippen LogP contribution in [0.1, 0.15) is 64.7 Å². The van der Waals surface area contributed by atoms with Gasteiger partial charge in [0.1, 0.15) is 0 Å². The van der Waals surface area contributed by atoms with Gasteiger partial charge in [0.25, 0.3) is 0 Å². The molecule has 5 nitrogen and oxygen atoms in total. The molecule has 0 bridgehead atoms. The van der Waals surface area contributed by atoms with Crippen LogP contribution in [0.25, 0.3) is 0 Å². The predicted molar refractivity (Wildman–Crippen MR) is 91.7 cm³/mol. The first-order valence-corrected chi connectivity index (χ1v) is 10.0. The monoisotopic (exact) mass is 352 g/mol. The van der Waals surface area contributed by atoms with Crippen molar-refractivity contribution in [3.8, 4) is 0 Å². The van der Waals surface area contributed by atoms with Gasteiger partial charge in [-0.25, -0.2) is 0 Å². The summed E-state index contributed by atoms with van der Waals surface area (Å²) in [5, 5.41) is 41.5. The summed E-state index contributed by atoms with van der Waals surface area (Å²) >= 11 is 0. The second kappa shape index (κ2) is 5.67. The maximum atomic E-state index is 11.7. The number of hydrogen-bond donors (Lipinski definition) is 4. The fraction of sp³-hybridized carbons (Fsp3) is 0.950. The van der Waals surface area contributed by atoms with Gasteiger partial charge in [-0.15, -0.1) is 0 Å². The molecule has 0 aromatic rings. The van der Waals surface area contributed by atoms with E-state index in [1.807, 2.05) is 0 Å². The largest absolute Gasteiger partial charge is 0.481 e. The van der Waals surface area contributed by atoms with Crippen LogP contribution >= 0.6 is 0 Å². The second-order valence-corrected chi connectivity index (χ2v) is 9.67. The van der Waals surface area contributed by atoms with Gasteiger partial charge >= 0.3 is 5.97 Å². The van der Waals surface area contributed by atoms with Crippen LogP contribution in [0.3, 0.4) is 0 Å². The van der Waals surface area contributed by atoms with E-state index in [0.717, 1.165) is 32.1 Å². The Hall–Kier alpha value is -0.650. The van der Waals surface area contributed by atoms with E-state index in [0.29, 0.717) is 37.5 Å². The van der Waals surface area contributed by atoms with Gasteiger partial charge in [-0.3, -0.25) is 4.79 Å². The summed E-state index contributed by atoms with van der Waals surface area (Å²) in [4.78, 5) is 11.7. The number of hydrogen-bond acceptors (Lipinski definition) is 4. The van der Waals surface area contributed by atoms with Crippen LogP contribution in [-0.4, -0.2) is 44.7 Å². The molecule has 4 rings (SSSR count). The van der Waals surface area contributed by atoms with Crippen molar-refractivity contribution in [1.82, 2.24) is 0 Å². The molecular formula is C20H32O5. The van der Waals surface area contributed by atoms with Crippen molar-refractivity contribution in [1.29, 1.82) is 0 Å². The SMILES string of the molecule is C[C@@]12CC[C@@H]3[C@H](CC[C@@]4(O)C[C@@H](O)CC[C@]34CO)[C@H]1CC[C@H]2C(=O)O. The van der Waals surface area contributed by atoms with Crippen molar-refractivity contribution < 1.29 is 25.2 Å². The van der Waals surface area contributed by atoms with E-state index in [9.17, 15) is 25.2 Å². The van der Waals surface area contributed by atoms with E-state index in [-0.39, 0.29) is 23.9 Å². The first-order chi connectivity index (χ1) is 11.8. The van der Waals surface area contributed by atoms with Crippen LogP contribution in [0.4, 0.5) is 0 Å². The molecule has 25 heavy (non-hydrogen) atoms. The Kier molecular flexibility index (Phi) is 4.03. The Morgan fingerprint density at radius 3 is 2.48 bits per heavy atom. The molecule has 4 saturated carbocycles. The highest BCUT2D eigenvalue weighted by Gasteiger charge is 2.66. The molecule has 0 unspecified atom stereocenters. The lowest BCUT2D eigenvalue weighted by Gasteiger charge is -2.64. The Labute approximate surface area is 149 Å². The maximum Gasteiger partial charge on any atom is 0.307 e. The highest BCUT2D eigenvalue weighted by Crippen LogP contribution is 2.68. The summed E-state index contributed by atoms with van der Waals surface area (Å²) in [5.74, 6) is 0.109. The lowest BCUT2D eigenvalue weighted by molar-refractivity contribution is -0.240. The Morgan fingerprint density at radius 1 is 1.04 bits per heavy atom. The Bertz CT molecular complexity index is 564. The second-order valence-electron chi connectivity index (χ2n) is 9.67. The number of aliphatic carboxylic acids is 1. The third-order valence-corrected chi connectivity index (χ3v) is 9.04. The molecule has 0 amide bonds. The van der Waals surface area contributed by atoms with Crippen LogP contribution in [0.2, 0.25) is 0 Å². The van der Waals surface area contributed by atoms with Crippen LogP contribution < -0.4 is 0 Å². The molecule has 4 fully saturated rings. The van der Waals surface area contributed by atoms with Gasteiger partial charge in [0.2, 0.25) is 0 Å². The lowest BCUT2D eigenvalue weighted by Crippen LogP contribution is -2.65. The topological polar surface area (TPSA) is 98.0 Å². The molecule has 4 N–H and O–H groups in total. The third-order valence-electron chi connectivity index (χ3n) is 9.04. The van der Waals surface area contributed by atoms with Crippen molar-refractivity contribution >= 4 is 5.97 Å². The van der Waals surface area contributed by atoms with Crippen molar-refractivity contribution in [3.63, 3.8) is 0 Å². The van der Waals surface area contributed by atoms with Crippen molar-refractivity contribution in [2.45, 2.75) is 76.4 Å². The normalized spacial score (nSPS) is 55.1. The zero-order valence-corrected chi connectivity index (χ0v) is 15.2. The van der Waals surface area contributed by atoms with Crippen molar-refractivity contribution in [3.05, 3.63) is 0 Å². The molecule has 4 aliphatic rings. The molecule has 0 saturated heterocycles. The zero-order valence-electron chi connectivity index (χ0n) is 15.2. The first-order valence-electron chi connectivity index (χ1n) is 10.0. The summed E-state index contributed by atoms with van der Waals surface area (Å²) in [6.45, 7) is 2.14. The van der Waals surface area contributed by atoms with Crippen LogP contribution in [0.5, 0.6) is 0 Å². The van der Waals surface area contributed by atoms with Crippen molar-refractivity contribution in [2.24, 2.45) is 34.5 Å². The van der Waals surface area contributed by atoms with Gasteiger partial charge in [-0.2, -0.15) is 0 Å². The number of aliphatic hydroxyl groups is 3.